The molecule has 3 rings (SSSR count). The van der Waals surface area contributed by atoms with Crippen molar-refractivity contribution in [2.24, 2.45) is 4.99 Å². The maximum atomic E-state index is 12.9. The van der Waals surface area contributed by atoms with Gasteiger partial charge in [0.25, 0.3) is 5.91 Å². The van der Waals surface area contributed by atoms with Gasteiger partial charge in [-0.1, -0.05) is 50.2 Å². The van der Waals surface area contributed by atoms with E-state index in [4.69, 9.17) is 0 Å². The summed E-state index contributed by atoms with van der Waals surface area (Å²) in [5.41, 5.74) is 3.49. The van der Waals surface area contributed by atoms with Gasteiger partial charge < -0.3 is 5.32 Å². The minimum absolute atomic E-state index is 0.208. The van der Waals surface area contributed by atoms with Gasteiger partial charge in [-0.3, -0.25) is 4.79 Å². The fourth-order valence-electron chi connectivity index (χ4n) is 2.53. The van der Waals surface area contributed by atoms with Crippen molar-refractivity contribution in [3.63, 3.8) is 0 Å². The highest BCUT2D eigenvalue weighted by Gasteiger charge is 2.19. The molecule has 24 heavy (non-hydrogen) atoms. The van der Waals surface area contributed by atoms with Gasteiger partial charge >= 0.3 is 0 Å². The molecule has 0 spiro atoms. The second-order valence-corrected chi connectivity index (χ2v) is 6.17. The Kier molecular flexibility index (Phi) is 4.56. The molecule has 1 aliphatic rings. The first-order valence-electron chi connectivity index (χ1n) is 7.96. The van der Waals surface area contributed by atoms with Gasteiger partial charge in [-0.25, -0.2) is 9.38 Å². The van der Waals surface area contributed by atoms with Crippen LogP contribution in [0.3, 0.4) is 0 Å². The lowest BCUT2D eigenvalue weighted by Gasteiger charge is -2.04. The Hall–Kier alpha value is -2.75. The van der Waals surface area contributed by atoms with Crippen LogP contribution in [0.15, 0.2) is 59.2 Å². The lowest BCUT2D eigenvalue weighted by Crippen LogP contribution is -2.25. The molecule has 0 fully saturated rings. The second kappa shape index (κ2) is 6.79. The van der Waals surface area contributed by atoms with Crippen molar-refractivity contribution in [3.8, 4) is 0 Å². The molecule has 2 aromatic carbocycles. The van der Waals surface area contributed by atoms with E-state index in [1.165, 1.54) is 17.7 Å². The predicted molar refractivity (Wildman–Crippen MR) is 94.2 cm³/mol. The smallest absolute Gasteiger partial charge is 0.275 e. The fourth-order valence-corrected chi connectivity index (χ4v) is 2.53. The summed E-state index contributed by atoms with van der Waals surface area (Å²) in [5.74, 6) is 0.570. The molecule has 0 saturated heterocycles. The largest absolute Gasteiger partial charge is 0.308 e. The molecule has 2 aromatic rings. The number of rotatable bonds is 4. The molecule has 0 aromatic heterocycles. The zero-order chi connectivity index (χ0) is 17.1. The summed E-state index contributed by atoms with van der Waals surface area (Å²) < 4.78 is 12.9. The average Bonchev–Trinajstić information content (AvgIpc) is 2.89. The first kappa shape index (κ1) is 16.1. The Bertz CT molecular complexity index is 803. The van der Waals surface area contributed by atoms with Crippen LogP contribution in [-0.4, -0.2) is 11.7 Å². The van der Waals surface area contributed by atoms with Crippen LogP contribution >= 0.6 is 0 Å². The third kappa shape index (κ3) is 3.77. The minimum atomic E-state index is -0.276. The van der Waals surface area contributed by atoms with Crippen LogP contribution in [0.4, 0.5) is 4.39 Å². The standard InChI is InChI=1S/C20H19FN2O/c1-13(2)16-7-3-14(4-8-16)11-18-20(24)23-19(22-18)12-15-5-9-17(21)10-6-15/h3-11,13H,12H2,1-2H3,(H,22,23,24)/b18-11+. The zero-order valence-corrected chi connectivity index (χ0v) is 13.7. The van der Waals surface area contributed by atoms with Crippen LogP contribution in [0.1, 0.15) is 36.5 Å². The van der Waals surface area contributed by atoms with Gasteiger partial charge in [-0.05, 0) is 40.8 Å². The summed E-state index contributed by atoms with van der Waals surface area (Å²) >= 11 is 0. The van der Waals surface area contributed by atoms with E-state index in [1.807, 2.05) is 12.1 Å². The summed E-state index contributed by atoms with van der Waals surface area (Å²) in [6.45, 7) is 4.29. The van der Waals surface area contributed by atoms with Crippen molar-refractivity contribution in [3.05, 3.63) is 76.7 Å². The molecule has 1 heterocycles. The van der Waals surface area contributed by atoms with Gasteiger partial charge in [0.05, 0.1) is 0 Å². The third-order valence-electron chi connectivity index (χ3n) is 3.94. The number of nitrogens with one attached hydrogen (secondary N) is 1. The van der Waals surface area contributed by atoms with E-state index in [0.29, 0.717) is 23.9 Å². The molecular weight excluding hydrogens is 303 g/mol. The van der Waals surface area contributed by atoms with Gasteiger partial charge in [-0.15, -0.1) is 0 Å². The summed E-state index contributed by atoms with van der Waals surface area (Å²) in [5, 5.41) is 2.77. The molecule has 0 unspecified atom stereocenters. The zero-order valence-electron chi connectivity index (χ0n) is 13.7. The van der Waals surface area contributed by atoms with Crippen molar-refractivity contribution < 1.29 is 9.18 Å². The Balaban J connectivity index is 1.76. The van der Waals surface area contributed by atoms with Crippen molar-refractivity contribution >= 4 is 17.8 Å². The quantitative estimate of drug-likeness (QED) is 0.847. The van der Waals surface area contributed by atoms with Crippen molar-refractivity contribution in [1.82, 2.24) is 5.32 Å². The second-order valence-electron chi connectivity index (χ2n) is 6.17. The van der Waals surface area contributed by atoms with Gasteiger partial charge in [-0.2, -0.15) is 0 Å². The molecule has 0 radical (unpaired) electrons. The van der Waals surface area contributed by atoms with Crippen LogP contribution in [0.2, 0.25) is 0 Å². The number of carbonyl (C=O) groups is 1. The van der Waals surface area contributed by atoms with Crippen LogP contribution in [-0.2, 0) is 11.2 Å². The summed E-state index contributed by atoms with van der Waals surface area (Å²) in [6, 6.07) is 14.3. The maximum absolute atomic E-state index is 12.9. The van der Waals surface area contributed by atoms with E-state index in [0.717, 1.165) is 11.1 Å². The highest BCUT2D eigenvalue weighted by atomic mass is 19.1. The van der Waals surface area contributed by atoms with Crippen LogP contribution in [0.25, 0.3) is 6.08 Å². The lowest BCUT2D eigenvalue weighted by atomic mass is 10.0. The topological polar surface area (TPSA) is 41.5 Å². The molecule has 4 heteroatoms. The number of aliphatic imine (C=N–C) groups is 1. The Labute approximate surface area is 140 Å². The molecule has 0 atom stereocenters. The highest BCUT2D eigenvalue weighted by molar-refractivity contribution is 6.14. The van der Waals surface area contributed by atoms with E-state index in [2.05, 4.69) is 36.3 Å². The first-order valence-corrected chi connectivity index (χ1v) is 7.96. The number of benzene rings is 2. The molecule has 3 nitrogen and oxygen atoms in total. The third-order valence-corrected chi connectivity index (χ3v) is 3.94. The number of halogens is 1. The Morgan fingerprint density at radius 2 is 1.75 bits per heavy atom. The number of hydrogen-bond donors (Lipinski definition) is 1. The molecule has 1 amide bonds. The number of carbonyl (C=O) groups excluding carboxylic acids is 1. The van der Waals surface area contributed by atoms with Gasteiger partial charge in [0.15, 0.2) is 0 Å². The van der Waals surface area contributed by atoms with Crippen LogP contribution in [0, 0.1) is 5.82 Å². The summed E-state index contributed by atoms with van der Waals surface area (Å²) in [7, 11) is 0. The van der Waals surface area contributed by atoms with Crippen LogP contribution in [0.5, 0.6) is 0 Å². The van der Waals surface area contributed by atoms with Crippen molar-refractivity contribution in [2.75, 3.05) is 0 Å². The Morgan fingerprint density at radius 1 is 1.08 bits per heavy atom. The van der Waals surface area contributed by atoms with Crippen LogP contribution < -0.4 is 5.32 Å². The maximum Gasteiger partial charge on any atom is 0.275 e. The minimum Gasteiger partial charge on any atom is -0.308 e. The van der Waals surface area contributed by atoms with E-state index < -0.39 is 0 Å². The molecule has 0 aliphatic carbocycles. The molecule has 0 saturated carbocycles. The SMILES string of the molecule is CC(C)c1ccc(/C=C2/N=C(Cc3ccc(F)cc3)NC2=O)cc1. The normalized spacial score (nSPS) is 15.8. The number of amides is 1. The molecule has 0 bridgehead atoms. The van der Waals surface area contributed by atoms with Gasteiger partial charge in [0.2, 0.25) is 0 Å². The lowest BCUT2D eigenvalue weighted by molar-refractivity contribution is -0.115. The molecule has 1 N–H and O–H groups in total. The monoisotopic (exact) mass is 322 g/mol. The van der Waals surface area contributed by atoms with E-state index in [-0.39, 0.29) is 11.7 Å². The molecule has 122 valence electrons. The summed E-state index contributed by atoms with van der Waals surface area (Å²) in [4.78, 5) is 16.4. The summed E-state index contributed by atoms with van der Waals surface area (Å²) in [6.07, 6.45) is 2.24. The van der Waals surface area contributed by atoms with Crippen molar-refractivity contribution in [2.45, 2.75) is 26.2 Å². The van der Waals surface area contributed by atoms with Gasteiger partial charge in [0.1, 0.15) is 17.3 Å². The predicted octanol–water partition coefficient (Wildman–Crippen LogP) is 4.06. The van der Waals surface area contributed by atoms with Gasteiger partial charge in [0, 0.05) is 6.42 Å². The van der Waals surface area contributed by atoms with Crippen molar-refractivity contribution in [1.29, 1.82) is 0 Å². The molecule has 1 aliphatic heterocycles. The van der Waals surface area contributed by atoms with E-state index in [9.17, 15) is 9.18 Å². The van der Waals surface area contributed by atoms with E-state index in [1.54, 1.807) is 18.2 Å². The average molecular weight is 322 g/mol. The van der Waals surface area contributed by atoms with E-state index >= 15 is 0 Å². The number of amidine groups is 1. The highest BCUT2D eigenvalue weighted by Crippen LogP contribution is 2.18. The number of nitrogens with zero attached hydrogens (tertiary/aromatic N) is 1. The first-order chi connectivity index (χ1) is 11.5. The molecular formula is C20H19FN2O. The fraction of sp³-hybridized carbons (Fsp3) is 0.200. The Morgan fingerprint density at radius 3 is 2.38 bits per heavy atom. The number of hydrogen-bond acceptors (Lipinski definition) is 2.